The third-order valence-corrected chi connectivity index (χ3v) is 5.00. The van der Waals surface area contributed by atoms with Gasteiger partial charge in [-0.25, -0.2) is 14.2 Å². The largest absolute Gasteiger partial charge is 0.495 e. The molecule has 0 fully saturated rings. The number of aryl methyl sites for hydroxylation is 1. The first kappa shape index (κ1) is 25.8. The maximum Gasteiger partial charge on any atom is 0.490 e. The van der Waals surface area contributed by atoms with Gasteiger partial charge in [0.25, 0.3) is 5.91 Å². The number of carboxylic acids is 1. The normalized spacial score (nSPS) is 14.3. The van der Waals surface area contributed by atoms with E-state index in [1.807, 2.05) is 17.7 Å². The Balaban J connectivity index is 0.000000429. The van der Waals surface area contributed by atoms with E-state index in [1.165, 1.54) is 13.2 Å². The van der Waals surface area contributed by atoms with E-state index in [0.29, 0.717) is 16.9 Å². The summed E-state index contributed by atoms with van der Waals surface area (Å²) in [6, 6.07) is 7.42. The number of imidazole rings is 1. The number of benzene rings is 2. The zero-order chi connectivity index (χ0) is 25.9. The van der Waals surface area contributed by atoms with Gasteiger partial charge in [-0.3, -0.25) is 4.79 Å². The Morgan fingerprint density at radius 1 is 1.29 bits per heavy atom. The Hall–Kier alpha value is -3.80. The molecule has 2 heterocycles. The van der Waals surface area contributed by atoms with Gasteiger partial charge in [-0.1, -0.05) is 11.6 Å². The minimum absolute atomic E-state index is 0.123. The SMILES string of the molecule is COc1cc(C(=O)NC2COc3c(F)cc(Cl)cc32)ccc1-n1cnc(C)c1.O=C(O)C(F)(F)F. The number of aromatic nitrogens is 2. The predicted molar refractivity (Wildman–Crippen MR) is 116 cm³/mol. The lowest BCUT2D eigenvalue weighted by molar-refractivity contribution is -0.192. The molecule has 0 aliphatic carbocycles. The number of fused-ring (bicyclic) bond motifs is 1. The zero-order valence-corrected chi connectivity index (χ0v) is 18.9. The number of methoxy groups -OCH3 is 1. The highest BCUT2D eigenvalue weighted by molar-refractivity contribution is 6.30. The van der Waals surface area contributed by atoms with Gasteiger partial charge >= 0.3 is 12.1 Å². The number of ether oxygens (including phenoxy) is 2. The number of alkyl halides is 3. The first-order chi connectivity index (χ1) is 16.4. The Bertz CT molecular complexity index is 1260. The van der Waals surface area contributed by atoms with Crippen LogP contribution in [0.1, 0.15) is 27.7 Å². The molecule has 0 radical (unpaired) electrons. The quantitative estimate of drug-likeness (QED) is 0.497. The Morgan fingerprint density at radius 3 is 2.54 bits per heavy atom. The fourth-order valence-electron chi connectivity index (χ4n) is 3.19. The number of aliphatic carboxylic acids is 1. The topological polar surface area (TPSA) is 103 Å². The van der Waals surface area contributed by atoms with Crippen LogP contribution in [0.25, 0.3) is 5.69 Å². The average molecular weight is 516 g/mol. The van der Waals surface area contributed by atoms with E-state index in [0.717, 1.165) is 11.4 Å². The van der Waals surface area contributed by atoms with Crippen molar-refractivity contribution in [2.45, 2.75) is 19.1 Å². The number of hydrogen-bond donors (Lipinski definition) is 2. The standard InChI is InChI=1S/C20H17ClFN3O3.C2HF3O2/c1-11-8-25(10-23-11)17-4-3-12(5-18(17)27-2)20(26)24-16-9-28-19-14(16)6-13(21)7-15(19)22;3-2(4,5)1(6)7/h3-8,10,16H,9H2,1-2H3,(H,24,26);(H,6,7). The number of hydrogen-bond acceptors (Lipinski definition) is 5. The highest BCUT2D eigenvalue weighted by atomic mass is 35.5. The second-order valence-corrected chi connectivity index (χ2v) is 7.69. The second-order valence-electron chi connectivity index (χ2n) is 7.25. The van der Waals surface area contributed by atoms with Gasteiger partial charge in [-0.15, -0.1) is 0 Å². The summed E-state index contributed by atoms with van der Waals surface area (Å²) in [5.74, 6) is -2.97. The number of carboxylic acid groups (broad SMARTS) is 1. The van der Waals surface area contributed by atoms with Crippen LogP contribution in [-0.4, -0.2) is 46.4 Å². The summed E-state index contributed by atoms with van der Waals surface area (Å²) in [5.41, 5.74) is 2.57. The molecule has 8 nitrogen and oxygen atoms in total. The summed E-state index contributed by atoms with van der Waals surface area (Å²) in [6.45, 7) is 2.03. The molecule has 13 heteroatoms. The fourth-order valence-corrected chi connectivity index (χ4v) is 3.41. The highest BCUT2D eigenvalue weighted by Gasteiger charge is 2.38. The van der Waals surface area contributed by atoms with Crippen LogP contribution in [0, 0.1) is 12.7 Å². The Labute approximate surface area is 201 Å². The monoisotopic (exact) mass is 515 g/mol. The van der Waals surface area contributed by atoms with E-state index in [1.54, 1.807) is 30.6 Å². The molecule has 1 aliphatic heterocycles. The first-order valence-electron chi connectivity index (χ1n) is 9.82. The van der Waals surface area contributed by atoms with E-state index in [-0.39, 0.29) is 23.3 Å². The lowest BCUT2D eigenvalue weighted by atomic mass is 10.1. The van der Waals surface area contributed by atoms with Crippen molar-refractivity contribution < 1.29 is 41.7 Å². The van der Waals surface area contributed by atoms with Crippen molar-refractivity contribution in [1.29, 1.82) is 0 Å². The average Bonchev–Trinajstić information content (AvgIpc) is 3.39. The van der Waals surface area contributed by atoms with Crippen LogP contribution >= 0.6 is 11.6 Å². The molecule has 35 heavy (non-hydrogen) atoms. The van der Waals surface area contributed by atoms with Crippen molar-refractivity contribution in [1.82, 2.24) is 14.9 Å². The lowest BCUT2D eigenvalue weighted by Crippen LogP contribution is -2.29. The van der Waals surface area contributed by atoms with Gasteiger partial charge in [0.05, 0.1) is 30.9 Å². The van der Waals surface area contributed by atoms with Crippen LogP contribution in [0.4, 0.5) is 17.6 Å². The molecular formula is C22H18ClF4N3O5. The molecule has 1 atom stereocenters. The molecule has 1 unspecified atom stereocenters. The molecule has 1 amide bonds. The van der Waals surface area contributed by atoms with Crippen molar-refractivity contribution in [3.8, 4) is 17.2 Å². The molecule has 2 aromatic carbocycles. The van der Waals surface area contributed by atoms with Gasteiger partial charge in [-0.05, 0) is 37.3 Å². The third kappa shape index (κ3) is 6.01. The van der Waals surface area contributed by atoms with Crippen LogP contribution in [0.5, 0.6) is 11.5 Å². The fraction of sp³-hybridized carbons (Fsp3) is 0.227. The molecule has 186 valence electrons. The number of halogens is 5. The maximum absolute atomic E-state index is 13.9. The zero-order valence-electron chi connectivity index (χ0n) is 18.2. The number of rotatable bonds is 4. The highest BCUT2D eigenvalue weighted by Crippen LogP contribution is 2.37. The predicted octanol–water partition coefficient (Wildman–Crippen LogP) is 4.48. The van der Waals surface area contributed by atoms with Crippen molar-refractivity contribution in [2.24, 2.45) is 0 Å². The van der Waals surface area contributed by atoms with Crippen molar-refractivity contribution in [3.05, 3.63) is 70.5 Å². The summed E-state index contributed by atoms with van der Waals surface area (Å²) in [5, 5.41) is 10.2. The summed E-state index contributed by atoms with van der Waals surface area (Å²) in [4.78, 5) is 25.8. The molecular weight excluding hydrogens is 498 g/mol. The summed E-state index contributed by atoms with van der Waals surface area (Å²) >= 11 is 5.93. The molecule has 0 spiro atoms. The van der Waals surface area contributed by atoms with Gasteiger partial charge in [0.1, 0.15) is 12.4 Å². The molecule has 3 aromatic rings. The van der Waals surface area contributed by atoms with Crippen LogP contribution < -0.4 is 14.8 Å². The number of nitrogens with one attached hydrogen (secondary N) is 1. The lowest BCUT2D eigenvalue weighted by Gasteiger charge is -2.14. The van der Waals surface area contributed by atoms with Gasteiger partial charge in [0.15, 0.2) is 11.6 Å². The van der Waals surface area contributed by atoms with E-state index in [4.69, 9.17) is 31.0 Å². The van der Waals surface area contributed by atoms with Gasteiger partial charge in [0, 0.05) is 22.3 Å². The summed E-state index contributed by atoms with van der Waals surface area (Å²) in [6.07, 6.45) is -1.54. The summed E-state index contributed by atoms with van der Waals surface area (Å²) in [7, 11) is 1.54. The third-order valence-electron chi connectivity index (χ3n) is 4.79. The van der Waals surface area contributed by atoms with Crippen molar-refractivity contribution in [3.63, 3.8) is 0 Å². The number of nitrogens with zero attached hydrogens (tertiary/aromatic N) is 2. The van der Waals surface area contributed by atoms with E-state index >= 15 is 0 Å². The molecule has 2 N–H and O–H groups in total. The van der Waals surface area contributed by atoms with Crippen molar-refractivity contribution in [2.75, 3.05) is 13.7 Å². The van der Waals surface area contributed by atoms with E-state index < -0.39 is 24.0 Å². The Kier molecular flexibility index (Phi) is 7.54. The second kappa shape index (κ2) is 10.2. The smallest absolute Gasteiger partial charge is 0.490 e. The molecule has 4 rings (SSSR count). The molecule has 1 aliphatic rings. The summed E-state index contributed by atoms with van der Waals surface area (Å²) < 4.78 is 58.3. The van der Waals surface area contributed by atoms with Crippen molar-refractivity contribution >= 4 is 23.5 Å². The number of carbonyl (C=O) groups is 2. The van der Waals surface area contributed by atoms with Gasteiger partial charge in [-0.2, -0.15) is 13.2 Å². The first-order valence-corrected chi connectivity index (χ1v) is 10.2. The van der Waals surface area contributed by atoms with Crippen LogP contribution in [-0.2, 0) is 4.79 Å². The maximum atomic E-state index is 13.9. The number of carbonyl (C=O) groups excluding carboxylic acids is 1. The molecule has 0 bridgehead atoms. The molecule has 1 aromatic heterocycles. The van der Waals surface area contributed by atoms with Crippen LogP contribution in [0.2, 0.25) is 5.02 Å². The van der Waals surface area contributed by atoms with Gasteiger partial charge in [0.2, 0.25) is 0 Å². The van der Waals surface area contributed by atoms with E-state index in [9.17, 15) is 22.4 Å². The van der Waals surface area contributed by atoms with E-state index in [2.05, 4.69) is 10.3 Å². The molecule has 0 saturated carbocycles. The molecule has 0 saturated heterocycles. The van der Waals surface area contributed by atoms with Crippen LogP contribution in [0.3, 0.4) is 0 Å². The minimum atomic E-state index is -5.08. The number of amides is 1. The minimum Gasteiger partial charge on any atom is -0.495 e. The van der Waals surface area contributed by atoms with Gasteiger partial charge < -0.3 is 24.5 Å². The Morgan fingerprint density at radius 2 is 1.97 bits per heavy atom. The van der Waals surface area contributed by atoms with Crippen LogP contribution in [0.15, 0.2) is 42.9 Å².